The number of benzene rings is 6. The van der Waals surface area contributed by atoms with Gasteiger partial charge in [-0.25, -0.2) is 0 Å². The van der Waals surface area contributed by atoms with E-state index in [1.807, 2.05) is 6.07 Å². The zero-order valence-corrected chi connectivity index (χ0v) is 30.2. The second-order valence-corrected chi connectivity index (χ2v) is 14.4. The van der Waals surface area contributed by atoms with Crippen LogP contribution in [0.1, 0.15) is 32.3 Å². The second kappa shape index (κ2) is 14.0. The van der Waals surface area contributed by atoms with E-state index in [1.165, 1.54) is 33.5 Å². The van der Waals surface area contributed by atoms with Crippen molar-refractivity contribution in [2.24, 2.45) is 11.8 Å². The lowest BCUT2D eigenvalue weighted by Gasteiger charge is -2.29. The Balaban J connectivity index is 0.942. The van der Waals surface area contributed by atoms with Crippen molar-refractivity contribution in [2.45, 2.75) is 26.7 Å². The van der Waals surface area contributed by atoms with E-state index in [1.54, 1.807) is 0 Å². The van der Waals surface area contributed by atoms with Crippen molar-refractivity contribution in [3.8, 4) is 22.3 Å². The molecule has 1 heterocycles. The molecule has 2 aliphatic rings. The Morgan fingerprint density at radius 1 is 0.585 bits per heavy atom. The lowest BCUT2D eigenvalue weighted by Crippen LogP contribution is -2.17. The van der Waals surface area contributed by atoms with Gasteiger partial charge in [0, 0.05) is 44.8 Å². The fourth-order valence-corrected chi connectivity index (χ4v) is 7.77. The van der Waals surface area contributed by atoms with Gasteiger partial charge in [0.15, 0.2) is 0 Å². The van der Waals surface area contributed by atoms with Gasteiger partial charge in [0.25, 0.3) is 0 Å². The summed E-state index contributed by atoms with van der Waals surface area (Å²) in [4.78, 5) is 2.35. The van der Waals surface area contributed by atoms with E-state index in [9.17, 15) is 0 Å². The Bertz CT molecular complexity index is 2530. The lowest BCUT2D eigenvalue weighted by molar-refractivity contribution is 0.666. The number of anilines is 3. The number of fused-ring (bicyclic) bond motifs is 3. The van der Waals surface area contributed by atoms with Crippen LogP contribution in [0.4, 0.5) is 17.1 Å². The molecule has 0 fully saturated rings. The fraction of sp³-hybridized carbons (Fsp3) is 0.120. The largest absolute Gasteiger partial charge is 0.455 e. The maximum absolute atomic E-state index is 6.44. The zero-order valence-electron chi connectivity index (χ0n) is 30.2. The first-order chi connectivity index (χ1) is 26.1. The van der Waals surface area contributed by atoms with Crippen molar-refractivity contribution in [3.05, 3.63) is 193 Å². The zero-order chi connectivity index (χ0) is 35.7. The third-order valence-corrected chi connectivity index (χ3v) is 10.5. The highest BCUT2D eigenvalue weighted by Gasteiger charge is 2.21. The van der Waals surface area contributed by atoms with Crippen molar-refractivity contribution in [1.29, 1.82) is 0 Å². The van der Waals surface area contributed by atoms with E-state index < -0.39 is 0 Å². The molecule has 53 heavy (non-hydrogen) atoms. The molecular formula is C50H42N2O. The number of para-hydroxylation sites is 3. The van der Waals surface area contributed by atoms with Crippen LogP contribution in [-0.4, -0.2) is 0 Å². The Morgan fingerprint density at radius 2 is 1.21 bits per heavy atom. The van der Waals surface area contributed by atoms with Gasteiger partial charge >= 0.3 is 0 Å². The number of nitrogens with zero attached hydrogens (tertiary/aromatic N) is 1. The molecule has 0 bridgehead atoms. The lowest BCUT2D eigenvalue weighted by atomic mass is 9.88. The molecular weight excluding hydrogens is 645 g/mol. The maximum atomic E-state index is 6.44. The van der Waals surface area contributed by atoms with E-state index in [-0.39, 0.29) is 0 Å². The molecule has 1 N–H and O–H groups in total. The van der Waals surface area contributed by atoms with Crippen molar-refractivity contribution in [3.63, 3.8) is 0 Å². The van der Waals surface area contributed by atoms with Gasteiger partial charge in [-0.15, -0.1) is 0 Å². The minimum absolute atomic E-state index is 0.447. The summed E-state index contributed by atoms with van der Waals surface area (Å²) < 4.78 is 6.44. The van der Waals surface area contributed by atoms with E-state index in [4.69, 9.17) is 4.42 Å². The molecule has 0 aliphatic heterocycles. The first kappa shape index (κ1) is 32.6. The third-order valence-electron chi connectivity index (χ3n) is 10.5. The van der Waals surface area contributed by atoms with Crippen LogP contribution in [0.2, 0.25) is 0 Å². The summed E-state index contributed by atoms with van der Waals surface area (Å²) in [5, 5.41) is 6.06. The molecule has 9 rings (SSSR count). The van der Waals surface area contributed by atoms with Crippen LogP contribution in [-0.2, 0) is 0 Å². The smallest absolute Gasteiger partial charge is 0.142 e. The predicted octanol–water partition coefficient (Wildman–Crippen LogP) is 14.0. The number of hydrogen-bond acceptors (Lipinski definition) is 3. The van der Waals surface area contributed by atoms with Gasteiger partial charge in [0.05, 0.1) is 0 Å². The molecule has 3 heteroatoms. The Kier molecular flexibility index (Phi) is 8.61. The number of furan rings is 1. The first-order valence-electron chi connectivity index (χ1n) is 18.7. The van der Waals surface area contributed by atoms with Crippen molar-refractivity contribution in [1.82, 2.24) is 0 Å². The van der Waals surface area contributed by atoms with Crippen LogP contribution >= 0.6 is 0 Å². The molecule has 2 atom stereocenters. The minimum atomic E-state index is 0.447. The molecule has 2 unspecified atom stereocenters. The van der Waals surface area contributed by atoms with E-state index >= 15 is 0 Å². The molecule has 6 aromatic carbocycles. The highest BCUT2D eigenvalue weighted by molar-refractivity contribution is 6.08. The van der Waals surface area contributed by atoms with Gasteiger partial charge in [0.2, 0.25) is 0 Å². The van der Waals surface area contributed by atoms with Crippen LogP contribution in [0.5, 0.6) is 0 Å². The minimum Gasteiger partial charge on any atom is -0.455 e. The van der Waals surface area contributed by atoms with E-state index in [2.05, 4.69) is 194 Å². The molecule has 2 aliphatic carbocycles. The summed E-state index contributed by atoms with van der Waals surface area (Å²) in [6.45, 7) is 4.55. The molecule has 1 aromatic heterocycles. The van der Waals surface area contributed by atoms with E-state index in [0.29, 0.717) is 11.8 Å². The van der Waals surface area contributed by atoms with Crippen LogP contribution < -0.4 is 10.2 Å². The monoisotopic (exact) mass is 686 g/mol. The molecule has 0 saturated heterocycles. The first-order valence-corrected chi connectivity index (χ1v) is 18.7. The summed E-state index contributed by atoms with van der Waals surface area (Å²) in [5.41, 5.74) is 14.8. The van der Waals surface area contributed by atoms with Gasteiger partial charge in [0.1, 0.15) is 11.2 Å². The molecule has 258 valence electrons. The molecule has 0 amide bonds. The predicted molar refractivity (Wildman–Crippen MR) is 224 cm³/mol. The summed E-state index contributed by atoms with van der Waals surface area (Å²) in [6, 6.07) is 52.0. The molecule has 0 spiro atoms. The Morgan fingerprint density at radius 3 is 1.92 bits per heavy atom. The topological polar surface area (TPSA) is 28.4 Å². The number of hydrogen-bond donors (Lipinski definition) is 1. The highest BCUT2D eigenvalue weighted by Crippen LogP contribution is 2.40. The summed E-state index contributed by atoms with van der Waals surface area (Å²) >= 11 is 0. The molecule has 0 saturated carbocycles. The third kappa shape index (κ3) is 6.51. The standard InChI is InChI=1S/C50H42N2O/c1-34-10-8-13-43(32-34)52(41-11-4-3-5-12-41)42-29-25-39(26-30-42)37-21-19-36(20-22-37)38-23-27-40(28-24-38)51-48-31-18-35(2)33-47(48)46-16-9-15-45-44-14-6-7-17-49(44)53-50(45)46/h3-9,11-32,34-35,51H,10,33H2,1-2H3. The highest BCUT2D eigenvalue weighted by atomic mass is 16.3. The van der Waals surface area contributed by atoms with Gasteiger partial charge < -0.3 is 14.6 Å². The van der Waals surface area contributed by atoms with Crippen LogP contribution in [0.15, 0.2) is 192 Å². The number of allylic oxidation sites excluding steroid dienone is 6. The average molecular weight is 687 g/mol. The van der Waals surface area contributed by atoms with Gasteiger partial charge in [-0.05, 0) is 107 Å². The van der Waals surface area contributed by atoms with E-state index in [0.717, 1.165) is 63.1 Å². The SMILES string of the molecule is CC1C=C(N(c2ccccc2)c2ccc(-c3ccc(-c4ccc(NC5=C(c6cccc7c6oc6ccccc67)CC(C)C=C5)cc4)cc3)cc2)C=CC1. The van der Waals surface area contributed by atoms with Crippen LogP contribution in [0.3, 0.4) is 0 Å². The number of rotatable bonds is 8. The van der Waals surface area contributed by atoms with Crippen LogP contribution in [0, 0.1) is 11.8 Å². The summed E-state index contributed by atoms with van der Waals surface area (Å²) in [6.07, 6.45) is 13.4. The molecule has 7 aromatic rings. The second-order valence-electron chi connectivity index (χ2n) is 14.4. The van der Waals surface area contributed by atoms with Gasteiger partial charge in [-0.3, -0.25) is 0 Å². The Labute approximate surface area is 311 Å². The van der Waals surface area contributed by atoms with Gasteiger partial charge in [-0.2, -0.15) is 0 Å². The number of nitrogens with one attached hydrogen (secondary N) is 1. The van der Waals surface area contributed by atoms with Crippen molar-refractivity contribution >= 4 is 44.6 Å². The molecule has 0 radical (unpaired) electrons. The average Bonchev–Trinajstić information content (AvgIpc) is 3.59. The quantitative estimate of drug-likeness (QED) is 0.172. The maximum Gasteiger partial charge on any atom is 0.142 e. The van der Waals surface area contributed by atoms with Crippen LogP contribution in [0.25, 0.3) is 49.8 Å². The summed E-state index contributed by atoms with van der Waals surface area (Å²) in [5.74, 6) is 0.966. The fourth-order valence-electron chi connectivity index (χ4n) is 7.77. The summed E-state index contributed by atoms with van der Waals surface area (Å²) in [7, 11) is 0. The molecule has 3 nitrogen and oxygen atoms in total. The van der Waals surface area contributed by atoms with Gasteiger partial charge in [-0.1, -0.05) is 135 Å². The Hall–Kier alpha value is -6.32. The normalized spacial score (nSPS) is 17.0. The van der Waals surface area contributed by atoms with Crippen molar-refractivity contribution < 1.29 is 4.42 Å². The van der Waals surface area contributed by atoms with Crippen molar-refractivity contribution in [2.75, 3.05) is 10.2 Å².